The Balaban J connectivity index is 1.59. The van der Waals surface area contributed by atoms with Crippen molar-refractivity contribution in [2.75, 3.05) is 32.7 Å². The van der Waals surface area contributed by atoms with Gasteiger partial charge in [0.2, 0.25) is 5.91 Å². The number of nitrogens with one attached hydrogen (secondary N) is 1. The van der Waals surface area contributed by atoms with Crippen molar-refractivity contribution < 1.29 is 4.79 Å². The number of rotatable bonds is 5. The molecule has 1 amide bonds. The highest BCUT2D eigenvalue weighted by atomic mass is 16.2. The number of carbonyl (C=O) groups is 1. The van der Waals surface area contributed by atoms with Gasteiger partial charge in [0.25, 0.3) is 0 Å². The van der Waals surface area contributed by atoms with E-state index in [1.165, 1.54) is 11.1 Å². The number of benzene rings is 1. The highest BCUT2D eigenvalue weighted by molar-refractivity contribution is 5.80. The maximum absolute atomic E-state index is 11.5. The fourth-order valence-electron chi connectivity index (χ4n) is 3.17. The Labute approximate surface area is 160 Å². The molecule has 7 nitrogen and oxygen atoms in total. The fourth-order valence-corrected chi connectivity index (χ4v) is 3.17. The van der Waals surface area contributed by atoms with Crippen molar-refractivity contribution in [2.24, 2.45) is 4.99 Å². The molecule has 1 aromatic carbocycles. The summed E-state index contributed by atoms with van der Waals surface area (Å²) in [6.07, 6.45) is 5.58. The number of imidazole rings is 1. The molecule has 1 aromatic heterocycles. The second kappa shape index (κ2) is 9.21. The first-order chi connectivity index (χ1) is 13.2. The molecule has 1 saturated heterocycles. The van der Waals surface area contributed by atoms with Crippen LogP contribution in [0.4, 0.5) is 0 Å². The van der Waals surface area contributed by atoms with Gasteiger partial charge in [0, 0.05) is 58.6 Å². The molecule has 0 saturated carbocycles. The van der Waals surface area contributed by atoms with Crippen LogP contribution in [0.1, 0.15) is 25.0 Å². The van der Waals surface area contributed by atoms with Gasteiger partial charge in [-0.1, -0.05) is 24.3 Å². The first kappa shape index (κ1) is 18.9. The van der Waals surface area contributed by atoms with Gasteiger partial charge < -0.3 is 19.7 Å². The fraction of sp³-hybridized carbons (Fsp3) is 0.450. The average Bonchev–Trinajstić information content (AvgIpc) is 3.19. The summed E-state index contributed by atoms with van der Waals surface area (Å²) in [7, 11) is 0. The van der Waals surface area contributed by atoms with Gasteiger partial charge in [0.1, 0.15) is 0 Å². The minimum absolute atomic E-state index is 0.146. The van der Waals surface area contributed by atoms with Crippen molar-refractivity contribution in [3.63, 3.8) is 0 Å². The molecule has 0 bridgehead atoms. The van der Waals surface area contributed by atoms with Crippen LogP contribution in [0, 0.1) is 0 Å². The quantitative estimate of drug-likeness (QED) is 0.643. The molecule has 0 aliphatic carbocycles. The molecule has 0 radical (unpaired) electrons. The highest BCUT2D eigenvalue weighted by Crippen LogP contribution is 2.09. The second-order valence-corrected chi connectivity index (χ2v) is 6.71. The minimum atomic E-state index is 0.146. The number of nitrogens with zero attached hydrogens (tertiary/aromatic N) is 5. The van der Waals surface area contributed by atoms with E-state index in [0.29, 0.717) is 6.54 Å². The monoisotopic (exact) mass is 368 g/mol. The van der Waals surface area contributed by atoms with Crippen LogP contribution in [0.3, 0.4) is 0 Å². The Hall–Kier alpha value is -2.83. The van der Waals surface area contributed by atoms with E-state index in [0.717, 1.165) is 45.2 Å². The zero-order valence-corrected chi connectivity index (χ0v) is 16.1. The van der Waals surface area contributed by atoms with Crippen molar-refractivity contribution in [1.29, 1.82) is 0 Å². The van der Waals surface area contributed by atoms with E-state index in [1.54, 1.807) is 13.1 Å². The third-order valence-corrected chi connectivity index (χ3v) is 4.72. The van der Waals surface area contributed by atoms with Crippen molar-refractivity contribution in [2.45, 2.75) is 26.9 Å². The lowest BCUT2D eigenvalue weighted by molar-refractivity contribution is -0.130. The highest BCUT2D eigenvalue weighted by Gasteiger charge is 2.20. The summed E-state index contributed by atoms with van der Waals surface area (Å²) in [6.45, 7) is 9.14. The van der Waals surface area contributed by atoms with Crippen molar-refractivity contribution in [1.82, 2.24) is 24.7 Å². The van der Waals surface area contributed by atoms with E-state index in [4.69, 9.17) is 4.99 Å². The Morgan fingerprint density at radius 3 is 2.37 bits per heavy atom. The second-order valence-electron chi connectivity index (χ2n) is 6.71. The molecule has 3 rings (SSSR count). The Bertz CT molecular complexity index is 745. The van der Waals surface area contributed by atoms with Gasteiger partial charge in [-0.05, 0) is 18.1 Å². The van der Waals surface area contributed by atoms with Gasteiger partial charge in [0.15, 0.2) is 5.96 Å². The summed E-state index contributed by atoms with van der Waals surface area (Å²) in [5, 5.41) is 3.37. The number of carbonyl (C=O) groups excluding carboxylic acids is 1. The van der Waals surface area contributed by atoms with Crippen LogP contribution in [0.25, 0.3) is 0 Å². The molecule has 1 N–H and O–H groups in total. The van der Waals surface area contributed by atoms with E-state index in [1.807, 2.05) is 17.4 Å². The Morgan fingerprint density at radius 1 is 1.11 bits per heavy atom. The summed E-state index contributed by atoms with van der Waals surface area (Å²) in [5.41, 5.74) is 2.43. The number of amides is 1. The lowest BCUT2D eigenvalue weighted by Crippen LogP contribution is -2.53. The topological polar surface area (TPSA) is 65.8 Å². The molecular weight excluding hydrogens is 340 g/mol. The lowest BCUT2D eigenvalue weighted by atomic mass is 10.1. The molecule has 1 aliphatic rings. The lowest BCUT2D eigenvalue weighted by Gasteiger charge is -2.36. The predicted octanol–water partition coefficient (Wildman–Crippen LogP) is 1.56. The summed E-state index contributed by atoms with van der Waals surface area (Å²) in [5.74, 6) is 1.07. The van der Waals surface area contributed by atoms with E-state index >= 15 is 0 Å². The normalized spacial score (nSPS) is 15.1. The average molecular weight is 368 g/mol. The molecule has 2 heterocycles. The molecule has 0 spiro atoms. The third kappa shape index (κ3) is 5.32. The number of guanidine groups is 1. The van der Waals surface area contributed by atoms with Gasteiger partial charge in [-0.2, -0.15) is 0 Å². The van der Waals surface area contributed by atoms with E-state index in [9.17, 15) is 4.79 Å². The number of hydrogen-bond donors (Lipinski definition) is 1. The molecule has 27 heavy (non-hydrogen) atoms. The zero-order valence-electron chi connectivity index (χ0n) is 16.1. The van der Waals surface area contributed by atoms with E-state index in [-0.39, 0.29) is 5.91 Å². The van der Waals surface area contributed by atoms with Crippen LogP contribution in [0.15, 0.2) is 48.0 Å². The number of hydrogen-bond acceptors (Lipinski definition) is 3. The van der Waals surface area contributed by atoms with Crippen molar-refractivity contribution in [3.05, 3.63) is 54.1 Å². The maximum Gasteiger partial charge on any atom is 0.219 e. The van der Waals surface area contributed by atoms with Gasteiger partial charge in [-0.3, -0.25) is 4.79 Å². The Morgan fingerprint density at radius 2 is 1.78 bits per heavy atom. The van der Waals surface area contributed by atoms with Crippen LogP contribution in [-0.2, 0) is 17.9 Å². The van der Waals surface area contributed by atoms with Gasteiger partial charge >= 0.3 is 0 Å². The van der Waals surface area contributed by atoms with Gasteiger partial charge in [-0.25, -0.2) is 9.98 Å². The first-order valence-electron chi connectivity index (χ1n) is 9.48. The van der Waals surface area contributed by atoms with E-state index in [2.05, 4.69) is 51.0 Å². The van der Waals surface area contributed by atoms with Gasteiger partial charge in [0.05, 0.1) is 12.9 Å². The van der Waals surface area contributed by atoms with Crippen LogP contribution in [0.2, 0.25) is 0 Å². The molecule has 7 heteroatoms. The number of aromatic nitrogens is 2. The minimum Gasteiger partial charge on any atom is -0.357 e. The SMILES string of the molecule is CCNC(=NCc1ccc(Cn2ccnc2)cc1)N1CCN(C(C)=O)CC1. The standard InChI is InChI=1S/C20H28N6O/c1-3-22-20(26-12-10-25(11-13-26)17(2)27)23-14-18-4-6-19(7-5-18)15-24-9-8-21-16-24/h4-9,16H,3,10-15H2,1-2H3,(H,22,23). The molecular formula is C20H28N6O. The molecule has 1 fully saturated rings. The van der Waals surface area contributed by atoms with Crippen LogP contribution in [-0.4, -0.2) is 63.9 Å². The van der Waals surface area contributed by atoms with Crippen LogP contribution < -0.4 is 5.32 Å². The van der Waals surface area contributed by atoms with Crippen LogP contribution >= 0.6 is 0 Å². The third-order valence-electron chi connectivity index (χ3n) is 4.72. The smallest absolute Gasteiger partial charge is 0.219 e. The molecule has 2 aromatic rings. The van der Waals surface area contributed by atoms with E-state index < -0.39 is 0 Å². The largest absolute Gasteiger partial charge is 0.357 e. The molecule has 1 aliphatic heterocycles. The van der Waals surface area contributed by atoms with Gasteiger partial charge in [-0.15, -0.1) is 0 Å². The first-order valence-corrected chi connectivity index (χ1v) is 9.48. The van der Waals surface area contributed by atoms with Crippen molar-refractivity contribution >= 4 is 11.9 Å². The van der Waals surface area contributed by atoms with Crippen LogP contribution in [0.5, 0.6) is 0 Å². The summed E-state index contributed by atoms with van der Waals surface area (Å²) in [4.78, 5) is 24.5. The summed E-state index contributed by atoms with van der Waals surface area (Å²) in [6, 6.07) is 8.55. The summed E-state index contributed by atoms with van der Waals surface area (Å²) < 4.78 is 2.05. The number of aliphatic imine (C=N–C) groups is 1. The predicted molar refractivity (Wildman–Crippen MR) is 106 cm³/mol. The maximum atomic E-state index is 11.5. The Kier molecular flexibility index (Phi) is 6.46. The summed E-state index contributed by atoms with van der Waals surface area (Å²) >= 11 is 0. The molecule has 0 atom stereocenters. The zero-order chi connectivity index (χ0) is 19.1. The molecule has 144 valence electrons. The number of piperazine rings is 1. The van der Waals surface area contributed by atoms with Crippen molar-refractivity contribution in [3.8, 4) is 0 Å². The molecule has 0 unspecified atom stereocenters.